The third-order valence-corrected chi connectivity index (χ3v) is 7.18. The van der Waals surface area contributed by atoms with Crippen LogP contribution in [0.5, 0.6) is 0 Å². The maximum absolute atomic E-state index is 11.4. The Balaban J connectivity index is 1.56. The monoisotopic (exact) mass is 329 g/mol. The van der Waals surface area contributed by atoms with Crippen LogP contribution in [-0.4, -0.2) is 35.7 Å². The molecule has 4 heteroatoms. The quantitative estimate of drug-likeness (QED) is 0.876. The van der Waals surface area contributed by atoms with Gasteiger partial charge in [0.1, 0.15) is 0 Å². The predicted octanol–water partition coefficient (Wildman–Crippen LogP) is 4.78. The molecule has 0 atom stereocenters. The van der Waals surface area contributed by atoms with Gasteiger partial charge < -0.3 is 4.90 Å². The minimum Gasteiger partial charge on any atom is -0.301 e. The van der Waals surface area contributed by atoms with Crippen LogP contribution in [0.1, 0.15) is 19.3 Å². The molecule has 2 aliphatic heterocycles. The van der Waals surface area contributed by atoms with Crippen LogP contribution in [-0.2, 0) is 4.18 Å². The average molecular weight is 329 g/mol. The van der Waals surface area contributed by atoms with E-state index in [1.54, 1.807) is 0 Å². The van der Waals surface area contributed by atoms with Gasteiger partial charge in [-0.2, -0.15) is 0 Å². The van der Waals surface area contributed by atoms with E-state index in [2.05, 4.69) is 17.0 Å². The van der Waals surface area contributed by atoms with Crippen molar-refractivity contribution in [2.45, 2.75) is 29.1 Å². The van der Waals surface area contributed by atoms with E-state index >= 15 is 0 Å². The van der Waals surface area contributed by atoms with Gasteiger partial charge in [0, 0.05) is 17.7 Å². The van der Waals surface area contributed by atoms with Crippen LogP contribution in [0.2, 0.25) is 0 Å². The highest BCUT2D eigenvalue weighted by Gasteiger charge is 2.35. The molecule has 0 aliphatic carbocycles. The summed E-state index contributed by atoms with van der Waals surface area (Å²) in [4.78, 5) is 4.33. The summed E-state index contributed by atoms with van der Waals surface area (Å²) in [6, 6.07) is 16.2. The van der Waals surface area contributed by atoms with Crippen LogP contribution in [0, 0.1) is 0 Å². The molecule has 1 fully saturated rings. The topological polar surface area (TPSA) is 32.7 Å². The molecule has 0 aromatic heterocycles. The van der Waals surface area contributed by atoms with Gasteiger partial charge in [-0.3, -0.25) is 8.74 Å². The van der Waals surface area contributed by atoms with Crippen molar-refractivity contribution in [2.75, 3.05) is 26.2 Å². The third-order valence-electron chi connectivity index (χ3n) is 4.77. The van der Waals surface area contributed by atoms with Crippen LogP contribution < -0.4 is 0 Å². The van der Waals surface area contributed by atoms with E-state index in [1.807, 2.05) is 36.4 Å². The molecular weight excluding hydrogens is 306 g/mol. The van der Waals surface area contributed by atoms with Crippen molar-refractivity contribution < 1.29 is 8.74 Å². The Hall–Kier alpha value is -1.33. The molecule has 1 N–H and O–H groups in total. The third kappa shape index (κ3) is 2.70. The molecule has 1 saturated heterocycles. The standard InChI is InChI=1S/C19H23NO2S/c21-23(22-15-14-20-12-6-1-7-13-20)18-10-4-2-8-16(18)17-9-3-5-11-19(17)23/h2-5,8-11,21H,1,6-7,12-15H2. The number of hydrogen-bond donors (Lipinski definition) is 1. The summed E-state index contributed by atoms with van der Waals surface area (Å²) in [5.41, 5.74) is 2.22. The molecule has 2 aromatic rings. The number of benzene rings is 2. The maximum atomic E-state index is 11.4. The van der Waals surface area contributed by atoms with Gasteiger partial charge in [0.25, 0.3) is 0 Å². The number of piperidine rings is 1. The van der Waals surface area contributed by atoms with Crippen molar-refractivity contribution in [3.8, 4) is 11.1 Å². The summed E-state index contributed by atoms with van der Waals surface area (Å²) in [5, 5.41) is 0. The van der Waals surface area contributed by atoms with Crippen LogP contribution in [0.3, 0.4) is 0 Å². The Labute approximate surface area is 139 Å². The maximum Gasteiger partial charge on any atom is 0.0850 e. The molecule has 4 rings (SSSR count). The highest BCUT2D eigenvalue weighted by molar-refractivity contribution is 8.25. The zero-order valence-electron chi connectivity index (χ0n) is 13.3. The Bertz CT molecular complexity index is 652. The molecule has 0 radical (unpaired) electrons. The lowest BCUT2D eigenvalue weighted by Gasteiger charge is -2.36. The van der Waals surface area contributed by atoms with Crippen molar-refractivity contribution in [3.63, 3.8) is 0 Å². The van der Waals surface area contributed by atoms with E-state index in [0.717, 1.165) is 40.6 Å². The molecule has 2 heterocycles. The van der Waals surface area contributed by atoms with Gasteiger partial charge in [-0.15, -0.1) is 10.6 Å². The number of hydrogen-bond acceptors (Lipinski definition) is 3. The molecular formula is C19H23NO2S. The van der Waals surface area contributed by atoms with Gasteiger partial charge in [0.15, 0.2) is 0 Å². The molecule has 2 aromatic carbocycles. The van der Waals surface area contributed by atoms with Crippen LogP contribution >= 0.6 is 10.6 Å². The second-order valence-electron chi connectivity index (χ2n) is 6.24. The molecule has 0 unspecified atom stereocenters. The van der Waals surface area contributed by atoms with Crippen LogP contribution in [0.15, 0.2) is 58.3 Å². The summed E-state index contributed by atoms with van der Waals surface area (Å²) in [5.74, 6) is 0. The molecule has 0 bridgehead atoms. The lowest BCUT2D eigenvalue weighted by molar-refractivity contribution is 0.185. The van der Waals surface area contributed by atoms with Crippen LogP contribution in [0.4, 0.5) is 0 Å². The van der Waals surface area contributed by atoms with Gasteiger partial charge in [0.2, 0.25) is 0 Å². The molecule has 2 aliphatic rings. The van der Waals surface area contributed by atoms with E-state index in [4.69, 9.17) is 4.18 Å². The minimum atomic E-state index is -2.35. The van der Waals surface area contributed by atoms with E-state index < -0.39 is 10.6 Å². The fourth-order valence-electron chi connectivity index (χ4n) is 3.58. The van der Waals surface area contributed by atoms with Gasteiger partial charge in [-0.05, 0) is 38.1 Å². The molecule has 23 heavy (non-hydrogen) atoms. The zero-order valence-corrected chi connectivity index (χ0v) is 14.1. The number of likely N-dealkylation sites (tertiary alicyclic amines) is 1. The summed E-state index contributed by atoms with van der Waals surface area (Å²) < 4.78 is 17.5. The van der Waals surface area contributed by atoms with Crippen molar-refractivity contribution in [2.24, 2.45) is 0 Å². The largest absolute Gasteiger partial charge is 0.301 e. The van der Waals surface area contributed by atoms with Gasteiger partial charge >= 0.3 is 0 Å². The Kier molecular flexibility index (Phi) is 4.16. The Morgan fingerprint density at radius 2 is 1.43 bits per heavy atom. The normalized spacial score (nSPS) is 20.7. The predicted molar refractivity (Wildman–Crippen MR) is 94.9 cm³/mol. The van der Waals surface area contributed by atoms with Crippen molar-refractivity contribution in [1.82, 2.24) is 4.90 Å². The minimum absolute atomic E-state index is 0.578. The highest BCUT2D eigenvalue weighted by Crippen LogP contribution is 2.69. The van der Waals surface area contributed by atoms with E-state index in [9.17, 15) is 4.55 Å². The van der Waals surface area contributed by atoms with Crippen LogP contribution in [0.25, 0.3) is 11.1 Å². The first kappa shape index (κ1) is 15.2. The Morgan fingerprint density at radius 3 is 2.04 bits per heavy atom. The van der Waals surface area contributed by atoms with Gasteiger partial charge in [0.05, 0.1) is 16.4 Å². The molecule has 0 saturated carbocycles. The van der Waals surface area contributed by atoms with Crippen molar-refractivity contribution in [1.29, 1.82) is 0 Å². The molecule has 3 nitrogen and oxygen atoms in total. The van der Waals surface area contributed by atoms with Gasteiger partial charge in [-0.25, -0.2) is 0 Å². The second-order valence-corrected chi connectivity index (χ2v) is 8.41. The lowest BCUT2D eigenvalue weighted by atomic mass is 10.1. The SMILES string of the molecule is OS1(OCCN2CCCCC2)c2ccccc2-c2ccccc21. The zero-order chi connectivity index (χ0) is 15.7. The Morgan fingerprint density at radius 1 is 0.870 bits per heavy atom. The number of fused-ring (bicyclic) bond motifs is 3. The first-order valence-electron chi connectivity index (χ1n) is 8.40. The summed E-state index contributed by atoms with van der Waals surface area (Å²) in [6.07, 6.45) is 3.90. The summed E-state index contributed by atoms with van der Waals surface area (Å²) in [6.45, 7) is 3.79. The van der Waals surface area contributed by atoms with Gasteiger partial charge in [-0.1, -0.05) is 42.8 Å². The first-order valence-corrected chi connectivity index (χ1v) is 9.91. The second kappa shape index (κ2) is 6.29. The summed E-state index contributed by atoms with van der Waals surface area (Å²) in [7, 11) is -2.35. The fraction of sp³-hybridized carbons (Fsp3) is 0.368. The van der Waals surface area contributed by atoms with E-state index in [1.165, 1.54) is 19.3 Å². The molecule has 122 valence electrons. The van der Waals surface area contributed by atoms with E-state index in [0.29, 0.717) is 6.61 Å². The number of nitrogens with zero attached hydrogens (tertiary/aromatic N) is 1. The number of rotatable bonds is 4. The van der Waals surface area contributed by atoms with Crippen molar-refractivity contribution >= 4 is 10.6 Å². The van der Waals surface area contributed by atoms with Crippen molar-refractivity contribution in [3.05, 3.63) is 48.5 Å². The highest BCUT2D eigenvalue weighted by atomic mass is 32.3. The van der Waals surface area contributed by atoms with E-state index in [-0.39, 0.29) is 0 Å². The molecule has 0 spiro atoms. The average Bonchev–Trinajstić information content (AvgIpc) is 2.86. The fourth-order valence-corrected chi connectivity index (χ4v) is 5.86. The summed E-state index contributed by atoms with van der Waals surface area (Å²) >= 11 is 0. The lowest BCUT2D eigenvalue weighted by Crippen LogP contribution is -2.32. The molecule has 0 amide bonds. The smallest absolute Gasteiger partial charge is 0.0850 e. The first-order chi connectivity index (χ1) is 11.3.